The first kappa shape index (κ1) is 36.1. The van der Waals surface area contributed by atoms with Gasteiger partial charge in [0.2, 0.25) is 0 Å². The predicted molar refractivity (Wildman–Crippen MR) is 132 cm³/mol. The molecule has 37 heavy (non-hydrogen) atoms. The number of amides is 2. The van der Waals surface area contributed by atoms with Gasteiger partial charge in [-0.1, -0.05) is 14.9 Å². The topological polar surface area (TPSA) is 137 Å². The molecule has 10 nitrogen and oxygen atoms in total. The van der Waals surface area contributed by atoms with Crippen LogP contribution in [-0.4, -0.2) is 75.4 Å². The Morgan fingerprint density at radius 3 is 1.35 bits per heavy atom. The molecule has 2 saturated heterocycles. The fourth-order valence-corrected chi connectivity index (χ4v) is 4.65. The van der Waals surface area contributed by atoms with Gasteiger partial charge in [0.25, 0.3) is 0 Å². The molecule has 2 spiro atoms. The molecular formula is C26H45KN2O8. The van der Waals surface area contributed by atoms with Crippen LogP contribution < -0.4 is 56.5 Å². The van der Waals surface area contributed by atoms with E-state index < -0.39 is 47.4 Å². The molecule has 4 aliphatic rings. The second kappa shape index (κ2) is 12.5. The zero-order valence-electron chi connectivity index (χ0n) is 22.0. The van der Waals surface area contributed by atoms with Crippen molar-refractivity contribution >= 4 is 24.1 Å². The third-order valence-electron chi connectivity index (χ3n) is 6.74. The Balaban J connectivity index is 0.000000648. The zero-order valence-corrected chi connectivity index (χ0v) is 25.1. The number of rotatable bonds is 2. The summed E-state index contributed by atoms with van der Waals surface area (Å²) in [5.74, 6) is -2.11. The van der Waals surface area contributed by atoms with Crippen LogP contribution in [0.3, 0.4) is 0 Å². The van der Waals surface area contributed by atoms with Crippen LogP contribution in [0.5, 0.6) is 0 Å². The third-order valence-corrected chi connectivity index (χ3v) is 6.74. The number of hydrogen-bond acceptors (Lipinski definition) is 7. The van der Waals surface area contributed by atoms with Gasteiger partial charge in [0, 0.05) is 13.1 Å². The summed E-state index contributed by atoms with van der Waals surface area (Å²) in [5, 5.41) is 20.2. The van der Waals surface area contributed by atoms with Gasteiger partial charge in [-0.15, -0.1) is 0 Å². The molecule has 2 saturated carbocycles. The van der Waals surface area contributed by atoms with Crippen LogP contribution in [0.2, 0.25) is 0 Å². The molecule has 2 aliphatic heterocycles. The van der Waals surface area contributed by atoms with Crippen LogP contribution in [0.25, 0.3) is 0 Å². The molecule has 0 aromatic heterocycles. The fraction of sp³-hybridized carbons (Fsp3) is 0.846. The quantitative estimate of drug-likeness (QED) is 0.494. The van der Waals surface area contributed by atoms with E-state index >= 15 is 0 Å². The largest absolute Gasteiger partial charge is 1.00 e. The average Bonchev–Trinajstić information content (AvgIpc) is 3.48. The van der Waals surface area contributed by atoms with Crippen molar-refractivity contribution < 1.29 is 90.2 Å². The summed E-state index contributed by atoms with van der Waals surface area (Å²) < 4.78 is 10.5. The average molecular weight is 553 g/mol. The minimum atomic E-state index is -1.18. The monoisotopic (exact) mass is 552 g/mol. The summed E-state index contributed by atoms with van der Waals surface area (Å²) in [4.78, 5) is 48.7. The van der Waals surface area contributed by atoms with E-state index in [-0.39, 0.29) is 77.1 Å². The fourth-order valence-electron chi connectivity index (χ4n) is 4.65. The van der Waals surface area contributed by atoms with E-state index in [1.165, 1.54) is 9.80 Å². The maximum atomic E-state index is 11.9. The Bertz CT molecular complexity index is 786. The van der Waals surface area contributed by atoms with Gasteiger partial charge in [-0.2, -0.15) is 0 Å². The van der Waals surface area contributed by atoms with Crippen molar-refractivity contribution in [1.82, 2.24) is 9.80 Å². The third kappa shape index (κ3) is 9.67. The minimum absolute atomic E-state index is 0. The SMILES string of the molecule is C.C.CC(C)(C)OC(=O)N1CC2(CC2)C[C@H]1C(=O)O.CC(C)(C)OC(=O)N1CC2(CC2)C[C@H]1C(=O)[O-].[K+]. The Hall–Kier alpha value is -0.884. The van der Waals surface area contributed by atoms with Gasteiger partial charge in [-0.3, -0.25) is 9.80 Å². The summed E-state index contributed by atoms with van der Waals surface area (Å²) in [7, 11) is 0. The van der Waals surface area contributed by atoms with E-state index in [4.69, 9.17) is 14.6 Å². The molecule has 0 unspecified atom stereocenters. The molecule has 0 aromatic rings. The molecule has 2 heterocycles. The molecular weight excluding hydrogens is 507 g/mol. The number of ether oxygens (including phenoxy) is 2. The second-order valence-corrected chi connectivity index (χ2v) is 12.3. The molecule has 4 rings (SSSR count). The van der Waals surface area contributed by atoms with Gasteiger partial charge in [0.05, 0.1) is 12.0 Å². The summed E-state index contributed by atoms with van der Waals surface area (Å²) >= 11 is 0. The first-order chi connectivity index (χ1) is 15.4. The first-order valence-electron chi connectivity index (χ1n) is 11.9. The standard InChI is InChI=1S/2C12H19NO4.2CH4.K/c2*1-11(2,3)17-10(16)13-7-12(4-5-12)6-8(13)9(14)15;;;/h2*8H,4-7H2,1-3H3,(H,14,15);2*1H4;/q;;;;+1/p-1/t2*8-;;;/m00.../s1. The number of likely N-dealkylation sites (tertiary alicyclic amines) is 2. The first-order valence-corrected chi connectivity index (χ1v) is 11.9. The Morgan fingerprint density at radius 2 is 1.08 bits per heavy atom. The number of carboxylic acid groups (broad SMARTS) is 2. The van der Waals surface area contributed by atoms with Crippen molar-refractivity contribution in [2.45, 2.75) is 118 Å². The van der Waals surface area contributed by atoms with Gasteiger partial charge < -0.3 is 24.5 Å². The van der Waals surface area contributed by atoms with E-state index in [1.807, 2.05) is 0 Å². The normalized spacial score (nSPS) is 23.9. The number of carboxylic acids is 2. The van der Waals surface area contributed by atoms with Crippen LogP contribution >= 0.6 is 0 Å². The molecule has 1 N–H and O–H groups in total. The van der Waals surface area contributed by atoms with Gasteiger partial charge >= 0.3 is 69.5 Å². The molecule has 0 radical (unpaired) electrons. The number of hydrogen-bond donors (Lipinski definition) is 1. The van der Waals surface area contributed by atoms with Crippen molar-refractivity contribution in [3.05, 3.63) is 0 Å². The summed E-state index contributed by atoms with van der Waals surface area (Å²) in [6.45, 7) is 11.7. The van der Waals surface area contributed by atoms with Crippen LogP contribution in [0.4, 0.5) is 9.59 Å². The van der Waals surface area contributed by atoms with E-state index in [0.717, 1.165) is 25.7 Å². The van der Waals surface area contributed by atoms with Gasteiger partial charge in [0.1, 0.15) is 17.2 Å². The molecule has 2 aliphatic carbocycles. The maximum absolute atomic E-state index is 11.9. The number of carbonyl (C=O) groups excluding carboxylic acids is 3. The van der Waals surface area contributed by atoms with Crippen LogP contribution in [0, 0.1) is 10.8 Å². The van der Waals surface area contributed by atoms with Gasteiger partial charge in [-0.25, -0.2) is 14.4 Å². The molecule has 0 aromatic carbocycles. The van der Waals surface area contributed by atoms with Crippen LogP contribution in [0.15, 0.2) is 0 Å². The number of aliphatic carboxylic acids is 2. The second-order valence-electron chi connectivity index (χ2n) is 12.3. The van der Waals surface area contributed by atoms with E-state index in [1.54, 1.807) is 41.5 Å². The van der Waals surface area contributed by atoms with Crippen molar-refractivity contribution in [2.75, 3.05) is 13.1 Å². The van der Waals surface area contributed by atoms with Gasteiger partial charge in [-0.05, 0) is 90.9 Å². The summed E-state index contributed by atoms with van der Waals surface area (Å²) in [5.41, 5.74) is -1.09. The van der Waals surface area contributed by atoms with Crippen LogP contribution in [0.1, 0.15) is 94.9 Å². The Kier molecular flexibility index (Phi) is 12.2. The smallest absolute Gasteiger partial charge is 0.548 e. The zero-order chi connectivity index (χ0) is 25.7. The maximum Gasteiger partial charge on any atom is 1.00 e. The van der Waals surface area contributed by atoms with E-state index in [2.05, 4.69) is 0 Å². The summed E-state index contributed by atoms with van der Waals surface area (Å²) in [6.07, 6.45) is 4.07. The van der Waals surface area contributed by atoms with E-state index in [9.17, 15) is 24.3 Å². The van der Waals surface area contributed by atoms with Crippen molar-refractivity contribution in [1.29, 1.82) is 0 Å². The molecule has 2 amide bonds. The van der Waals surface area contributed by atoms with Crippen molar-refractivity contribution in [3.8, 4) is 0 Å². The molecule has 4 fully saturated rings. The predicted octanol–water partition coefficient (Wildman–Crippen LogP) is 0.663. The van der Waals surface area contributed by atoms with Crippen molar-refractivity contribution in [3.63, 3.8) is 0 Å². The number of nitrogens with zero attached hydrogens (tertiary/aromatic N) is 2. The van der Waals surface area contributed by atoms with Crippen molar-refractivity contribution in [2.24, 2.45) is 10.8 Å². The van der Waals surface area contributed by atoms with Gasteiger partial charge in [0.15, 0.2) is 0 Å². The van der Waals surface area contributed by atoms with Crippen LogP contribution in [-0.2, 0) is 19.1 Å². The molecule has 0 bridgehead atoms. The summed E-state index contributed by atoms with van der Waals surface area (Å²) in [6, 6.07) is -1.54. The van der Waals surface area contributed by atoms with E-state index in [0.29, 0.717) is 25.9 Å². The number of carbonyl (C=O) groups is 4. The molecule has 2 atom stereocenters. The molecule has 208 valence electrons. The Labute approximate surface area is 264 Å². The Morgan fingerprint density at radius 1 is 0.757 bits per heavy atom. The minimum Gasteiger partial charge on any atom is -0.548 e. The molecule has 11 heteroatoms.